The van der Waals surface area contributed by atoms with Crippen LogP contribution in [-0.2, 0) is 0 Å². The van der Waals surface area contributed by atoms with Crippen LogP contribution in [0.25, 0.3) is 5.82 Å². The molecule has 0 aliphatic carbocycles. The monoisotopic (exact) mass is 174 g/mol. The molecule has 2 aromatic heterocycles. The molecule has 4 heteroatoms. The fraction of sp³-hybridized carbons (Fsp3) is 0.222. The van der Waals surface area contributed by atoms with Gasteiger partial charge in [0, 0.05) is 12.4 Å². The number of rotatable bonds is 1. The van der Waals surface area contributed by atoms with Crippen LogP contribution in [0.3, 0.4) is 0 Å². The number of hydrogen-bond acceptors (Lipinski definition) is 3. The van der Waals surface area contributed by atoms with Crippen molar-refractivity contribution in [2.24, 2.45) is 0 Å². The lowest BCUT2D eigenvalue weighted by Gasteiger charge is -2.01. The summed E-state index contributed by atoms with van der Waals surface area (Å²) in [5.41, 5.74) is 0.918. The second-order valence-electron chi connectivity index (χ2n) is 2.88. The molecule has 66 valence electrons. The van der Waals surface area contributed by atoms with Gasteiger partial charge in [-0.05, 0) is 26.0 Å². The number of aryl methyl sites for hydroxylation is 2. The third-order valence-corrected chi connectivity index (χ3v) is 1.86. The molecule has 0 spiro atoms. The lowest BCUT2D eigenvalue weighted by Crippen LogP contribution is -2.00. The molecule has 2 heterocycles. The lowest BCUT2D eigenvalue weighted by atomic mass is 10.4. The molecular weight excluding hydrogens is 164 g/mol. The maximum Gasteiger partial charge on any atom is 0.160 e. The van der Waals surface area contributed by atoms with Crippen molar-refractivity contribution >= 4 is 0 Å². The first-order chi connectivity index (χ1) is 6.27. The van der Waals surface area contributed by atoms with Crippen molar-refractivity contribution < 1.29 is 0 Å². The van der Waals surface area contributed by atoms with Crippen molar-refractivity contribution in [2.75, 3.05) is 0 Å². The Bertz CT molecular complexity index is 402. The van der Waals surface area contributed by atoms with Gasteiger partial charge in [0.25, 0.3) is 0 Å². The molecule has 2 aromatic rings. The van der Waals surface area contributed by atoms with Crippen LogP contribution in [0.4, 0.5) is 0 Å². The highest BCUT2D eigenvalue weighted by atomic mass is 15.2. The molecule has 0 bridgehead atoms. The lowest BCUT2D eigenvalue weighted by molar-refractivity contribution is 0.865. The van der Waals surface area contributed by atoms with Crippen LogP contribution in [-0.4, -0.2) is 19.7 Å². The van der Waals surface area contributed by atoms with E-state index < -0.39 is 0 Å². The molecule has 0 aromatic carbocycles. The van der Waals surface area contributed by atoms with Gasteiger partial charge in [-0.3, -0.25) is 4.57 Å². The summed E-state index contributed by atoms with van der Waals surface area (Å²) in [6.45, 7) is 3.85. The summed E-state index contributed by atoms with van der Waals surface area (Å²) < 4.78 is 1.90. The zero-order valence-corrected chi connectivity index (χ0v) is 7.60. The molecule has 4 nitrogen and oxygen atoms in total. The zero-order chi connectivity index (χ0) is 9.26. The summed E-state index contributed by atoms with van der Waals surface area (Å²) in [4.78, 5) is 4.11. The standard InChI is InChI=1S/C9H10N4/c1-7-3-4-9(12-11-7)13-6-5-10-8(13)2/h3-6H,1-2H3. The van der Waals surface area contributed by atoms with Crippen molar-refractivity contribution in [1.82, 2.24) is 19.7 Å². The largest absolute Gasteiger partial charge is 0.287 e. The minimum atomic E-state index is 0.806. The Morgan fingerprint density at radius 2 is 2.00 bits per heavy atom. The van der Waals surface area contributed by atoms with Gasteiger partial charge in [-0.1, -0.05) is 0 Å². The molecule has 13 heavy (non-hydrogen) atoms. The molecule has 0 fully saturated rings. The molecular formula is C9H10N4. The predicted molar refractivity (Wildman–Crippen MR) is 48.6 cm³/mol. The highest BCUT2D eigenvalue weighted by Gasteiger charge is 2.00. The number of imidazole rings is 1. The number of aromatic nitrogens is 4. The second-order valence-corrected chi connectivity index (χ2v) is 2.88. The molecule has 0 N–H and O–H groups in total. The van der Waals surface area contributed by atoms with Gasteiger partial charge in [-0.15, -0.1) is 5.10 Å². The first-order valence-corrected chi connectivity index (χ1v) is 4.08. The van der Waals surface area contributed by atoms with Crippen LogP contribution in [0.2, 0.25) is 0 Å². The van der Waals surface area contributed by atoms with Gasteiger partial charge in [-0.25, -0.2) is 4.98 Å². The van der Waals surface area contributed by atoms with Gasteiger partial charge in [0.1, 0.15) is 5.82 Å². The maximum absolute atomic E-state index is 4.11. The third kappa shape index (κ3) is 1.42. The maximum atomic E-state index is 4.11. The Labute approximate surface area is 76.3 Å². The van der Waals surface area contributed by atoms with Crippen molar-refractivity contribution in [3.8, 4) is 5.82 Å². The molecule has 0 aliphatic heterocycles. The highest BCUT2D eigenvalue weighted by molar-refractivity contribution is 5.23. The van der Waals surface area contributed by atoms with E-state index >= 15 is 0 Å². The van der Waals surface area contributed by atoms with E-state index in [1.807, 2.05) is 36.7 Å². The second kappa shape index (κ2) is 2.97. The molecule has 0 aliphatic rings. The fourth-order valence-electron chi connectivity index (χ4n) is 1.14. The van der Waals surface area contributed by atoms with E-state index in [2.05, 4.69) is 15.2 Å². The van der Waals surface area contributed by atoms with E-state index in [-0.39, 0.29) is 0 Å². The molecule has 0 saturated heterocycles. The Balaban J connectivity index is 2.47. The Kier molecular flexibility index (Phi) is 1.81. The summed E-state index contributed by atoms with van der Waals surface area (Å²) in [6, 6.07) is 3.86. The van der Waals surface area contributed by atoms with E-state index in [4.69, 9.17) is 0 Å². The molecule has 0 radical (unpaired) electrons. The van der Waals surface area contributed by atoms with Crippen LogP contribution >= 0.6 is 0 Å². The van der Waals surface area contributed by atoms with Crippen molar-refractivity contribution in [1.29, 1.82) is 0 Å². The molecule has 2 rings (SSSR count). The Morgan fingerprint density at radius 3 is 2.54 bits per heavy atom. The first kappa shape index (κ1) is 7.91. The quantitative estimate of drug-likeness (QED) is 0.654. The van der Waals surface area contributed by atoms with Gasteiger partial charge >= 0.3 is 0 Å². The number of hydrogen-bond donors (Lipinski definition) is 0. The summed E-state index contributed by atoms with van der Waals surface area (Å²) in [5, 5.41) is 8.03. The van der Waals surface area contributed by atoms with Gasteiger partial charge in [0.05, 0.1) is 5.69 Å². The van der Waals surface area contributed by atoms with E-state index in [1.54, 1.807) is 6.20 Å². The minimum absolute atomic E-state index is 0.806. The first-order valence-electron chi connectivity index (χ1n) is 4.08. The summed E-state index contributed by atoms with van der Waals surface area (Å²) >= 11 is 0. The fourth-order valence-corrected chi connectivity index (χ4v) is 1.14. The molecule has 0 saturated carbocycles. The highest BCUT2D eigenvalue weighted by Crippen LogP contribution is 2.05. The van der Waals surface area contributed by atoms with Crippen molar-refractivity contribution in [3.05, 3.63) is 36.0 Å². The van der Waals surface area contributed by atoms with Crippen LogP contribution < -0.4 is 0 Å². The minimum Gasteiger partial charge on any atom is -0.287 e. The van der Waals surface area contributed by atoms with Gasteiger partial charge in [0.15, 0.2) is 5.82 Å². The Hall–Kier alpha value is -1.71. The average Bonchev–Trinajstić information content (AvgIpc) is 2.53. The van der Waals surface area contributed by atoms with Crippen molar-refractivity contribution in [3.63, 3.8) is 0 Å². The average molecular weight is 174 g/mol. The van der Waals surface area contributed by atoms with E-state index in [0.717, 1.165) is 17.3 Å². The van der Waals surface area contributed by atoms with Gasteiger partial charge in [0.2, 0.25) is 0 Å². The van der Waals surface area contributed by atoms with Crippen molar-refractivity contribution in [2.45, 2.75) is 13.8 Å². The van der Waals surface area contributed by atoms with Crippen LogP contribution in [0.5, 0.6) is 0 Å². The third-order valence-electron chi connectivity index (χ3n) is 1.86. The number of nitrogens with zero attached hydrogens (tertiary/aromatic N) is 4. The van der Waals surface area contributed by atoms with Gasteiger partial charge < -0.3 is 0 Å². The smallest absolute Gasteiger partial charge is 0.160 e. The molecule has 0 unspecified atom stereocenters. The zero-order valence-electron chi connectivity index (χ0n) is 7.60. The van der Waals surface area contributed by atoms with E-state index in [9.17, 15) is 0 Å². The van der Waals surface area contributed by atoms with Crippen LogP contribution in [0, 0.1) is 13.8 Å². The molecule has 0 amide bonds. The molecule has 0 atom stereocenters. The normalized spacial score (nSPS) is 10.3. The topological polar surface area (TPSA) is 43.6 Å². The summed E-state index contributed by atoms with van der Waals surface area (Å²) in [7, 11) is 0. The van der Waals surface area contributed by atoms with E-state index in [1.165, 1.54) is 0 Å². The SMILES string of the molecule is Cc1ccc(-n2ccnc2C)nn1. The van der Waals surface area contributed by atoms with E-state index in [0.29, 0.717) is 0 Å². The Morgan fingerprint density at radius 1 is 1.15 bits per heavy atom. The summed E-state index contributed by atoms with van der Waals surface area (Å²) in [6.07, 6.45) is 3.62. The van der Waals surface area contributed by atoms with Gasteiger partial charge in [-0.2, -0.15) is 5.10 Å². The van der Waals surface area contributed by atoms with Crippen LogP contribution in [0.15, 0.2) is 24.5 Å². The predicted octanol–water partition coefficient (Wildman–Crippen LogP) is 1.28. The summed E-state index contributed by atoms with van der Waals surface area (Å²) in [5.74, 6) is 1.72. The van der Waals surface area contributed by atoms with Crippen LogP contribution in [0.1, 0.15) is 11.5 Å².